The number of halogens is 1. The van der Waals surface area contributed by atoms with E-state index < -0.39 is 5.82 Å². The predicted molar refractivity (Wildman–Crippen MR) is 75.1 cm³/mol. The second kappa shape index (κ2) is 8.27. The zero-order chi connectivity index (χ0) is 15.0. The summed E-state index contributed by atoms with van der Waals surface area (Å²) in [5.74, 6) is -1.09. The van der Waals surface area contributed by atoms with Gasteiger partial charge in [-0.15, -0.1) is 0 Å². The van der Waals surface area contributed by atoms with Crippen molar-refractivity contribution in [3.8, 4) is 0 Å². The van der Waals surface area contributed by atoms with Crippen LogP contribution in [0.1, 0.15) is 26.7 Å². The first-order valence-corrected chi connectivity index (χ1v) is 6.47. The van der Waals surface area contributed by atoms with Crippen molar-refractivity contribution in [2.75, 3.05) is 23.8 Å². The van der Waals surface area contributed by atoms with Crippen molar-refractivity contribution in [1.29, 1.82) is 0 Å². The minimum atomic E-state index is -0.544. The van der Waals surface area contributed by atoms with E-state index >= 15 is 0 Å². The molecule has 0 saturated carbocycles. The summed E-state index contributed by atoms with van der Waals surface area (Å²) in [7, 11) is 0. The first-order chi connectivity index (χ1) is 9.52. The van der Waals surface area contributed by atoms with Gasteiger partial charge in [0.2, 0.25) is 11.8 Å². The second-order valence-corrected chi connectivity index (χ2v) is 4.22. The molecule has 6 heteroatoms. The molecule has 0 spiro atoms. The zero-order valence-corrected chi connectivity index (χ0v) is 11.7. The first kappa shape index (κ1) is 16.1. The highest BCUT2D eigenvalue weighted by Gasteiger charge is 2.08. The molecule has 0 atom stereocenters. The van der Waals surface area contributed by atoms with Crippen molar-refractivity contribution in [3.63, 3.8) is 0 Å². The molecule has 0 aromatic heterocycles. The minimum Gasteiger partial charge on any atom is -0.382 e. The summed E-state index contributed by atoms with van der Waals surface area (Å²) in [5.41, 5.74) is 0.487. The number of rotatable bonds is 7. The van der Waals surface area contributed by atoms with Crippen LogP contribution in [0.2, 0.25) is 0 Å². The molecule has 0 unspecified atom stereocenters. The number of anilines is 2. The number of hydrogen-bond donors (Lipinski definition) is 2. The molecular formula is C14H19FN2O3. The van der Waals surface area contributed by atoms with E-state index in [-0.39, 0.29) is 23.9 Å². The molecule has 0 aliphatic heterocycles. The monoisotopic (exact) mass is 282 g/mol. The lowest BCUT2D eigenvalue weighted by Gasteiger charge is -2.09. The van der Waals surface area contributed by atoms with E-state index in [4.69, 9.17) is 4.74 Å². The summed E-state index contributed by atoms with van der Waals surface area (Å²) in [5, 5.41) is 5.01. The van der Waals surface area contributed by atoms with Gasteiger partial charge in [0.05, 0.1) is 5.69 Å². The van der Waals surface area contributed by atoms with Gasteiger partial charge in [-0.3, -0.25) is 9.59 Å². The Morgan fingerprint density at radius 1 is 1.30 bits per heavy atom. The fraction of sp³-hybridized carbons (Fsp3) is 0.429. The Hall–Kier alpha value is -1.95. The SMILES string of the molecule is CCOCCCC(=O)Nc1cc(NC(C)=O)ccc1F. The maximum Gasteiger partial charge on any atom is 0.224 e. The maximum atomic E-state index is 13.6. The normalized spacial score (nSPS) is 10.2. The molecule has 0 radical (unpaired) electrons. The molecular weight excluding hydrogens is 263 g/mol. The van der Waals surface area contributed by atoms with Gasteiger partial charge in [-0.05, 0) is 31.5 Å². The molecule has 1 aromatic carbocycles. The van der Waals surface area contributed by atoms with Gasteiger partial charge in [0.1, 0.15) is 5.82 Å². The largest absolute Gasteiger partial charge is 0.382 e. The highest BCUT2D eigenvalue weighted by molar-refractivity contribution is 5.93. The maximum absolute atomic E-state index is 13.6. The molecule has 1 aromatic rings. The summed E-state index contributed by atoms with van der Waals surface area (Å²) in [6, 6.07) is 4.01. The lowest BCUT2D eigenvalue weighted by molar-refractivity contribution is -0.116. The Kier molecular flexibility index (Phi) is 6.66. The smallest absolute Gasteiger partial charge is 0.224 e. The Bertz CT molecular complexity index is 477. The molecule has 0 aliphatic rings. The van der Waals surface area contributed by atoms with Crippen LogP contribution in [0.3, 0.4) is 0 Å². The molecule has 20 heavy (non-hydrogen) atoms. The number of nitrogens with one attached hydrogen (secondary N) is 2. The van der Waals surface area contributed by atoms with Crippen LogP contribution in [0.15, 0.2) is 18.2 Å². The molecule has 0 fully saturated rings. The highest BCUT2D eigenvalue weighted by atomic mass is 19.1. The molecule has 2 amide bonds. The van der Waals surface area contributed by atoms with Gasteiger partial charge in [0, 0.05) is 32.2 Å². The summed E-state index contributed by atoms with van der Waals surface area (Å²) < 4.78 is 18.7. The third-order valence-electron chi connectivity index (χ3n) is 2.46. The summed E-state index contributed by atoms with van der Waals surface area (Å²) >= 11 is 0. The number of hydrogen-bond acceptors (Lipinski definition) is 3. The lowest BCUT2D eigenvalue weighted by Crippen LogP contribution is -2.14. The number of carbonyl (C=O) groups excluding carboxylic acids is 2. The van der Waals surface area contributed by atoms with E-state index in [0.29, 0.717) is 25.3 Å². The van der Waals surface area contributed by atoms with E-state index in [1.54, 1.807) is 0 Å². The summed E-state index contributed by atoms with van der Waals surface area (Å²) in [4.78, 5) is 22.6. The second-order valence-electron chi connectivity index (χ2n) is 4.22. The standard InChI is InChI=1S/C14H19FN2O3/c1-3-20-8-4-5-14(19)17-13-9-11(16-10(2)18)6-7-12(13)15/h6-7,9H,3-5,8H2,1-2H3,(H,16,18)(H,17,19). The molecule has 5 nitrogen and oxygen atoms in total. The van der Waals surface area contributed by atoms with Gasteiger partial charge >= 0.3 is 0 Å². The van der Waals surface area contributed by atoms with E-state index in [1.165, 1.54) is 25.1 Å². The number of carbonyl (C=O) groups is 2. The number of ether oxygens (including phenoxy) is 1. The van der Waals surface area contributed by atoms with E-state index in [2.05, 4.69) is 10.6 Å². The zero-order valence-electron chi connectivity index (χ0n) is 11.7. The molecule has 1 rings (SSSR count). The van der Waals surface area contributed by atoms with Crippen molar-refractivity contribution in [2.24, 2.45) is 0 Å². The molecule has 110 valence electrons. The van der Waals surface area contributed by atoms with Crippen LogP contribution in [-0.2, 0) is 14.3 Å². The fourth-order valence-corrected chi connectivity index (χ4v) is 1.59. The minimum absolute atomic E-state index is 0.0534. The van der Waals surface area contributed by atoms with Crippen LogP contribution in [0.25, 0.3) is 0 Å². The Morgan fingerprint density at radius 2 is 2.05 bits per heavy atom. The summed E-state index contributed by atoms with van der Waals surface area (Å²) in [6.07, 6.45) is 0.830. The average molecular weight is 282 g/mol. The van der Waals surface area contributed by atoms with Gasteiger partial charge in [-0.2, -0.15) is 0 Å². The Morgan fingerprint density at radius 3 is 2.70 bits per heavy atom. The quantitative estimate of drug-likeness (QED) is 0.755. The van der Waals surface area contributed by atoms with Crippen molar-refractivity contribution < 1.29 is 18.7 Å². The van der Waals surface area contributed by atoms with Gasteiger partial charge in [0.25, 0.3) is 0 Å². The topological polar surface area (TPSA) is 67.4 Å². The van der Waals surface area contributed by atoms with Crippen LogP contribution >= 0.6 is 0 Å². The van der Waals surface area contributed by atoms with Crippen LogP contribution < -0.4 is 10.6 Å². The third kappa shape index (κ3) is 5.79. The lowest BCUT2D eigenvalue weighted by atomic mass is 10.2. The van der Waals surface area contributed by atoms with Crippen molar-refractivity contribution >= 4 is 23.2 Å². The van der Waals surface area contributed by atoms with E-state index in [0.717, 1.165) is 0 Å². The van der Waals surface area contributed by atoms with Gasteiger partial charge in [-0.1, -0.05) is 0 Å². The van der Waals surface area contributed by atoms with Crippen LogP contribution in [-0.4, -0.2) is 25.0 Å². The fourth-order valence-electron chi connectivity index (χ4n) is 1.59. The van der Waals surface area contributed by atoms with Gasteiger partial charge in [0.15, 0.2) is 0 Å². The van der Waals surface area contributed by atoms with Crippen LogP contribution in [0.4, 0.5) is 15.8 Å². The highest BCUT2D eigenvalue weighted by Crippen LogP contribution is 2.20. The predicted octanol–water partition coefficient (Wildman–Crippen LogP) is 2.54. The van der Waals surface area contributed by atoms with Crippen LogP contribution in [0.5, 0.6) is 0 Å². The molecule has 0 heterocycles. The molecule has 0 bridgehead atoms. The van der Waals surface area contributed by atoms with Crippen LogP contribution in [0, 0.1) is 5.82 Å². The molecule has 2 N–H and O–H groups in total. The van der Waals surface area contributed by atoms with Crippen molar-refractivity contribution in [3.05, 3.63) is 24.0 Å². The molecule has 0 aliphatic carbocycles. The van der Waals surface area contributed by atoms with E-state index in [9.17, 15) is 14.0 Å². The summed E-state index contributed by atoms with van der Waals surface area (Å²) in [6.45, 7) is 4.34. The van der Waals surface area contributed by atoms with Gasteiger partial charge in [-0.25, -0.2) is 4.39 Å². The number of amides is 2. The number of benzene rings is 1. The third-order valence-corrected chi connectivity index (χ3v) is 2.46. The molecule has 0 saturated heterocycles. The average Bonchev–Trinajstić information content (AvgIpc) is 2.38. The van der Waals surface area contributed by atoms with Crippen molar-refractivity contribution in [2.45, 2.75) is 26.7 Å². The van der Waals surface area contributed by atoms with Crippen molar-refractivity contribution in [1.82, 2.24) is 0 Å². The van der Waals surface area contributed by atoms with Gasteiger partial charge < -0.3 is 15.4 Å². The Balaban J connectivity index is 2.57. The first-order valence-electron chi connectivity index (χ1n) is 6.47. The Labute approximate surface area is 117 Å². The van der Waals surface area contributed by atoms with E-state index in [1.807, 2.05) is 6.92 Å².